The summed E-state index contributed by atoms with van der Waals surface area (Å²) in [5, 5.41) is -0.359. The van der Waals surface area contributed by atoms with E-state index in [1.807, 2.05) is 0 Å². The second-order valence-corrected chi connectivity index (χ2v) is 4.06. The van der Waals surface area contributed by atoms with Gasteiger partial charge in [-0.05, 0) is 6.42 Å². The molecule has 5 heteroatoms. The summed E-state index contributed by atoms with van der Waals surface area (Å²) in [5.41, 5.74) is 0. The SMILES string of the molecule is COC(=O)C(S)CCSC(C)=O. The maximum Gasteiger partial charge on any atom is 0.318 e. The summed E-state index contributed by atoms with van der Waals surface area (Å²) in [4.78, 5) is 21.3. The third-order valence-electron chi connectivity index (χ3n) is 1.17. The smallest absolute Gasteiger partial charge is 0.318 e. The Kier molecular flexibility index (Phi) is 6.28. The first-order valence-corrected chi connectivity index (χ1v) is 4.97. The molecular formula is C7H12O3S2. The Morgan fingerprint density at radius 3 is 2.58 bits per heavy atom. The monoisotopic (exact) mass is 208 g/mol. The number of rotatable bonds is 4. The number of ether oxygens (including phenoxy) is 1. The van der Waals surface area contributed by atoms with Gasteiger partial charge in [0.05, 0.1) is 7.11 Å². The van der Waals surface area contributed by atoms with Gasteiger partial charge < -0.3 is 4.74 Å². The second-order valence-electron chi connectivity index (χ2n) is 2.17. The Morgan fingerprint density at radius 1 is 1.58 bits per heavy atom. The Labute approximate surface area is 81.6 Å². The van der Waals surface area contributed by atoms with Crippen LogP contribution in [-0.2, 0) is 14.3 Å². The molecule has 0 rings (SSSR count). The highest BCUT2D eigenvalue weighted by atomic mass is 32.2. The minimum absolute atomic E-state index is 0.0559. The quantitative estimate of drug-likeness (QED) is 0.555. The van der Waals surface area contributed by atoms with Gasteiger partial charge in [-0.1, -0.05) is 11.8 Å². The van der Waals surface area contributed by atoms with Gasteiger partial charge in [0.15, 0.2) is 5.12 Å². The van der Waals surface area contributed by atoms with E-state index in [0.717, 1.165) is 0 Å². The topological polar surface area (TPSA) is 43.4 Å². The molecule has 0 fully saturated rings. The molecule has 70 valence electrons. The lowest BCUT2D eigenvalue weighted by atomic mass is 10.3. The van der Waals surface area contributed by atoms with E-state index < -0.39 is 5.25 Å². The van der Waals surface area contributed by atoms with Crippen molar-refractivity contribution in [1.29, 1.82) is 0 Å². The lowest BCUT2D eigenvalue weighted by Gasteiger charge is -2.05. The first kappa shape index (κ1) is 11.8. The number of thioether (sulfide) groups is 1. The minimum Gasteiger partial charge on any atom is -0.468 e. The number of thiol groups is 1. The van der Waals surface area contributed by atoms with Gasteiger partial charge in [-0.25, -0.2) is 0 Å². The fourth-order valence-corrected chi connectivity index (χ4v) is 1.62. The predicted molar refractivity (Wildman–Crippen MR) is 52.5 cm³/mol. The molecule has 1 unspecified atom stereocenters. The molecule has 0 heterocycles. The van der Waals surface area contributed by atoms with Gasteiger partial charge in [-0.3, -0.25) is 9.59 Å². The molecule has 0 bridgehead atoms. The average molecular weight is 208 g/mol. The van der Waals surface area contributed by atoms with Crippen molar-refractivity contribution in [2.45, 2.75) is 18.6 Å². The lowest BCUT2D eigenvalue weighted by molar-refractivity contribution is -0.139. The van der Waals surface area contributed by atoms with E-state index in [-0.39, 0.29) is 11.1 Å². The third-order valence-corrected chi connectivity index (χ3v) is 2.49. The summed E-state index contributed by atoms with van der Waals surface area (Å²) in [6.07, 6.45) is 0.556. The second kappa shape index (κ2) is 6.37. The van der Waals surface area contributed by atoms with Gasteiger partial charge in [0.2, 0.25) is 0 Å². The van der Waals surface area contributed by atoms with Crippen LogP contribution < -0.4 is 0 Å². The third kappa shape index (κ3) is 5.49. The zero-order valence-electron chi connectivity index (χ0n) is 7.07. The Bertz CT molecular complexity index is 170. The Balaban J connectivity index is 3.50. The van der Waals surface area contributed by atoms with Gasteiger partial charge in [-0.15, -0.1) is 0 Å². The van der Waals surface area contributed by atoms with Crippen LogP contribution >= 0.6 is 24.4 Å². The van der Waals surface area contributed by atoms with Crippen molar-refractivity contribution < 1.29 is 14.3 Å². The standard InChI is InChI=1S/C7H12O3S2/c1-5(8)12-4-3-6(11)7(9)10-2/h6,11H,3-4H2,1-2H3. The summed E-state index contributed by atoms with van der Waals surface area (Å²) in [7, 11) is 1.32. The van der Waals surface area contributed by atoms with Crippen molar-refractivity contribution in [2.24, 2.45) is 0 Å². The van der Waals surface area contributed by atoms with Crippen molar-refractivity contribution in [3.8, 4) is 0 Å². The van der Waals surface area contributed by atoms with Gasteiger partial charge >= 0.3 is 5.97 Å². The molecular weight excluding hydrogens is 196 g/mol. The maximum absolute atomic E-state index is 10.8. The number of hydrogen-bond acceptors (Lipinski definition) is 5. The number of esters is 1. The van der Waals surface area contributed by atoms with Crippen LogP contribution in [0.5, 0.6) is 0 Å². The zero-order valence-corrected chi connectivity index (χ0v) is 8.78. The minimum atomic E-state index is -0.415. The van der Waals surface area contributed by atoms with Crippen molar-refractivity contribution in [3.63, 3.8) is 0 Å². The summed E-state index contributed by atoms with van der Waals surface area (Å²) in [5.74, 6) is 0.265. The molecule has 0 aromatic rings. The highest BCUT2D eigenvalue weighted by molar-refractivity contribution is 8.13. The van der Waals surface area contributed by atoms with Crippen LogP contribution in [0.2, 0.25) is 0 Å². The molecule has 3 nitrogen and oxygen atoms in total. The van der Waals surface area contributed by atoms with Crippen LogP contribution in [-0.4, -0.2) is 29.2 Å². The number of carbonyl (C=O) groups is 2. The highest BCUT2D eigenvalue weighted by Crippen LogP contribution is 2.10. The first-order valence-electron chi connectivity index (χ1n) is 3.47. The lowest BCUT2D eigenvalue weighted by Crippen LogP contribution is -2.17. The zero-order chi connectivity index (χ0) is 9.56. The van der Waals surface area contributed by atoms with E-state index in [9.17, 15) is 9.59 Å². The largest absolute Gasteiger partial charge is 0.468 e. The van der Waals surface area contributed by atoms with Crippen molar-refractivity contribution in [2.75, 3.05) is 12.9 Å². The van der Waals surface area contributed by atoms with E-state index in [4.69, 9.17) is 0 Å². The fourth-order valence-electron chi connectivity index (χ4n) is 0.568. The number of methoxy groups -OCH3 is 1. The Hall–Kier alpha value is -0.160. The maximum atomic E-state index is 10.8. The molecule has 0 saturated carbocycles. The molecule has 0 N–H and O–H groups in total. The Morgan fingerprint density at radius 2 is 2.17 bits per heavy atom. The van der Waals surface area contributed by atoms with Crippen LogP contribution in [0.4, 0.5) is 0 Å². The predicted octanol–water partition coefficient (Wildman–Crippen LogP) is 1.13. The molecule has 12 heavy (non-hydrogen) atoms. The normalized spacial score (nSPS) is 12.2. The van der Waals surface area contributed by atoms with E-state index in [1.54, 1.807) is 0 Å². The van der Waals surface area contributed by atoms with Crippen LogP contribution in [0.25, 0.3) is 0 Å². The molecule has 0 aromatic heterocycles. The molecule has 0 aromatic carbocycles. The van der Waals surface area contributed by atoms with Crippen molar-refractivity contribution in [3.05, 3.63) is 0 Å². The van der Waals surface area contributed by atoms with Crippen molar-refractivity contribution in [1.82, 2.24) is 0 Å². The van der Waals surface area contributed by atoms with Crippen LogP contribution in [0, 0.1) is 0 Å². The average Bonchev–Trinajstić information content (AvgIpc) is 2.02. The molecule has 1 atom stereocenters. The fraction of sp³-hybridized carbons (Fsp3) is 0.714. The molecule has 0 aliphatic carbocycles. The van der Waals surface area contributed by atoms with Crippen LogP contribution in [0.3, 0.4) is 0 Å². The summed E-state index contributed by atoms with van der Waals surface area (Å²) >= 11 is 5.20. The summed E-state index contributed by atoms with van der Waals surface area (Å²) < 4.78 is 4.46. The van der Waals surface area contributed by atoms with E-state index in [1.165, 1.54) is 25.8 Å². The highest BCUT2D eigenvalue weighted by Gasteiger charge is 2.13. The molecule has 0 spiro atoms. The molecule has 0 aliphatic rings. The van der Waals surface area contributed by atoms with Gasteiger partial charge in [-0.2, -0.15) is 12.6 Å². The van der Waals surface area contributed by atoms with Gasteiger partial charge in [0, 0.05) is 12.7 Å². The van der Waals surface area contributed by atoms with Crippen LogP contribution in [0.15, 0.2) is 0 Å². The summed E-state index contributed by atoms with van der Waals surface area (Å²) in [6.45, 7) is 1.50. The molecule has 0 saturated heterocycles. The molecule has 0 amide bonds. The van der Waals surface area contributed by atoms with E-state index in [0.29, 0.717) is 12.2 Å². The molecule has 0 radical (unpaired) electrons. The number of hydrogen-bond donors (Lipinski definition) is 1. The van der Waals surface area contributed by atoms with Gasteiger partial charge in [0.1, 0.15) is 5.25 Å². The van der Waals surface area contributed by atoms with Crippen molar-refractivity contribution >= 4 is 35.5 Å². The molecule has 0 aliphatic heterocycles. The number of carbonyl (C=O) groups excluding carboxylic acids is 2. The van der Waals surface area contributed by atoms with Crippen LogP contribution in [0.1, 0.15) is 13.3 Å². The van der Waals surface area contributed by atoms with E-state index in [2.05, 4.69) is 17.4 Å². The first-order chi connectivity index (χ1) is 5.57. The van der Waals surface area contributed by atoms with E-state index >= 15 is 0 Å². The van der Waals surface area contributed by atoms with Gasteiger partial charge in [0.25, 0.3) is 0 Å². The summed E-state index contributed by atoms with van der Waals surface area (Å²) in [6, 6.07) is 0.